The second-order valence-electron chi connectivity index (χ2n) is 11.1. The van der Waals surface area contributed by atoms with Crippen molar-refractivity contribution in [2.45, 2.75) is 57.7 Å². The van der Waals surface area contributed by atoms with Gasteiger partial charge in [0.05, 0.1) is 24.0 Å². The fourth-order valence-electron chi connectivity index (χ4n) is 5.42. The zero-order valence-electron chi connectivity index (χ0n) is 22.4. The Morgan fingerprint density at radius 2 is 1.78 bits per heavy atom. The SMILES string of the molecule is COC(=O)N1CCN(c2ccc(Nc3ncc(F)c(NC4CC(C)(C)N(C)C(C)(C)C4)n3)cc2Cl)CC1. The van der Waals surface area contributed by atoms with Crippen molar-refractivity contribution in [3.63, 3.8) is 0 Å². The summed E-state index contributed by atoms with van der Waals surface area (Å²) in [6, 6.07) is 5.68. The van der Waals surface area contributed by atoms with Crippen LogP contribution in [0, 0.1) is 5.82 Å². The van der Waals surface area contributed by atoms with Crippen LogP contribution >= 0.6 is 11.6 Å². The summed E-state index contributed by atoms with van der Waals surface area (Å²) in [5, 5.41) is 7.03. The summed E-state index contributed by atoms with van der Waals surface area (Å²) in [5.41, 5.74) is 1.51. The van der Waals surface area contributed by atoms with E-state index in [0.717, 1.165) is 18.5 Å². The Morgan fingerprint density at radius 3 is 2.38 bits per heavy atom. The molecule has 0 radical (unpaired) electrons. The molecule has 3 heterocycles. The van der Waals surface area contributed by atoms with Crippen LogP contribution in [-0.2, 0) is 4.74 Å². The molecule has 0 saturated carbocycles. The smallest absolute Gasteiger partial charge is 0.409 e. The molecule has 0 aliphatic carbocycles. The van der Waals surface area contributed by atoms with Gasteiger partial charge >= 0.3 is 6.09 Å². The van der Waals surface area contributed by atoms with E-state index in [1.807, 2.05) is 12.1 Å². The molecule has 2 aliphatic heterocycles. The van der Waals surface area contributed by atoms with Gasteiger partial charge in [-0.3, -0.25) is 4.90 Å². The first kappa shape index (κ1) is 27.2. The lowest BCUT2D eigenvalue weighted by atomic mass is 9.77. The number of likely N-dealkylation sites (tertiary alicyclic amines) is 1. The standard InChI is InChI=1S/C26H37ClFN7O2/c1-25(2)14-18(15-26(3,4)33(25)5)30-22-20(28)16-29-23(32-22)31-17-7-8-21(19(27)13-17)34-9-11-35(12-10-34)24(36)37-6/h7-8,13,16,18H,9-12,14-15H2,1-6H3,(H2,29,30,31,32). The number of benzene rings is 1. The molecule has 1 amide bonds. The number of hydrogen-bond donors (Lipinski definition) is 2. The van der Waals surface area contributed by atoms with Gasteiger partial charge in [-0.1, -0.05) is 11.6 Å². The number of piperazine rings is 1. The number of carbonyl (C=O) groups is 1. The highest BCUT2D eigenvalue weighted by Gasteiger charge is 2.43. The third-order valence-corrected chi connectivity index (χ3v) is 7.95. The van der Waals surface area contributed by atoms with E-state index >= 15 is 0 Å². The molecule has 0 spiro atoms. The predicted molar refractivity (Wildman–Crippen MR) is 145 cm³/mol. The summed E-state index contributed by atoms with van der Waals surface area (Å²) in [6.45, 7) is 11.3. The molecule has 2 N–H and O–H groups in total. The highest BCUT2D eigenvalue weighted by atomic mass is 35.5. The number of amides is 1. The van der Waals surface area contributed by atoms with Crippen molar-refractivity contribution in [1.82, 2.24) is 19.8 Å². The molecule has 2 aliphatic rings. The number of anilines is 4. The number of methoxy groups -OCH3 is 1. The Morgan fingerprint density at radius 1 is 1.14 bits per heavy atom. The van der Waals surface area contributed by atoms with Crippen molar-refractivity contribution in [2.24, 2.45) is 0 Å². The number of piperidine rings is 1. The van der Waals surface area contributed by atoms with Gasteiger partial charge in [0.15, 0.2) is 11.6 Å². The van der Waals surface area contributed by atoms with Crippen LogP contribution in [0.3, 0.4) is 0 Å². The van der Waals surface area contributed by atoms with Crippen LogP contribution in [0.15, 0.2) is 24.4 Å². The van der Waals surface area contributed by atoms with Gasteiger partial charge < -0.3 is 25.2 Å². The van der Waals surface area contributed by atoms with E-state index in [9.17, 15) is 9.18 Å². The minimum Gasteiger partial charge on any atom is -0.453 e. The summed E-state index contributed by atoms with van der Waals surface area (Å²) in [4.78, 5) is 26.5. The fourth-order valence-corrected chi connectivity index (χ4v) is 5.72. The van der Waals surface area contributed by atoms with Crippen LogP contribution in [0.4, 0.5) is 32.3 Å². The number of ether oxygens (including phenoxy) is 1. The quantitative estimate of drug-likeness (QED) is 0.557. The molecule has 0 bridgehead atoms. The van der Waals surface area contributed by atoms with Gasteiger partial charge in [0.25, 0.3) is 0 Å². The van der Waals surface area contributed by atoms with E-state index in [-0.39, 0.29) is 35.0 Å². The van der Waals surface area contributed by atoms with Gasteiger partial charge in [0.1, 0.15) is 0 Å². The van der Waals surface area contributed by atoms with E-state index in [1.54, 1.807) is 11.0 Å². The molecular weight excluding hydrogens is 497 g/mol. The van der Waals surface area contributed by atoms with Crippen LogP contribution in [0.25, 0.3) is 0 Å². The largest absolute Gasteiger partial charge is 0.453 e. The first-order valence-electron chi connectivity index (χ1n) is 12.6. The summed E-state index contributed by atoms with van der Waals surface area (Å²) in [5.74, 6) is -0.0183. The van der Waals surface area contributed by atoms with Crippen molar-refractivity contribution in [3.8, 4) is 0 Å². The van der Waals surface area contributed by atoms with E-state index in [4.69, 9.17) is 16.3 Å². The number of carbonyl (C=O) groups excluding carboxylic acids is 1. The molecule has 2 aromatic rings. The first-order chi connectivity index (χ1) is 17.4. The zero-order chi connectivity index (χ0) is 27.0. The molecule has 1 aromatic carbocycles. The molecule has 2 fully saturated rings. The minimum absolute atomic E-state index is 0.0333. The lowest BCUT2D eigenvalue weighted by molar-refractivity contribution is -0.00778. The van der Waals surface area contributed by atoms with Gasteiger partial charge in [0.2, 0.25) is 5.95 Å². The number of hydrogen-bond acceptors (Lipinski definition) is 8. The zero-order valence-corrected chi connectivity index (χ0v) is 23.2. The summed E-state index contributed by atoms with van der Waals surface area (Å²) in [6.07, 6.45) is 2.59. The second-order valence-corrected chi connectivity index (χ2v) is 11.5. The van der Waals surface area contributed by atoms with Crippen LogP contribution < -0.4 is 15.5 Å². The van der Waals surface area contributed by atoms with E-state index in [1.165, 1.54) is 13.3 Å². The van der Waals surface area contributed by atoms with Crippen molar-refractivity contribution in [3.05, 3.63) is 35.2 Å². The Balaban J connectivity index is 1.43. The van der Waals surface area contributed by atoms with Gasteiger partial charge in [-0.2, -0.15) is 4.98 Å². The number of rotatable bonds is 5. The normalized spacial score (nSPS) is 20.0. The first-order valence-corrected chi connectivity index (χ1v) is 12.9. The highest BCUT2D eigenvalue weighted by Crippen LogP contribution is 2.38. The number of nitrogens with one attached hydrogen (secondary N) is 2. The predicted octanol–water partition coefficient (Wildman–Crippen LogP) is 4.96. The van der Waals surface area contributed by atoms with Crippen molar-refractivity contribution < 1.29 is 13.9 Å². The summed E-state index contributed by atoms with van der Waals surface area (Å²) in [7, 11) is 3.53. The maximum absolute atomic E-state index is 14.7. The van der Waals surface area contributed by atoms with Crippen LogP contribution in [0.2, 0.25) is 5.02 Å². The maximum atomic E-state index is 14.7. The topological polar surface area (TPSA) is 85.9 Å². The molecule has 0 atom stereocenters. The van der Waals surface area contributed by atoms with E-state index < -0.39 is 5.82 Å². The minimum atomic E-state index is -0.487. The third kappa shape index (κ3) is 6.01. The average Bonchev–Trinajstić information content (AvgIpc) is 2.84. The van der Waals surface area contributed by atoms with Crippen molar-refractivity contribution >= 4 is 40.8 Å². The molecular formula is C26H37ClFN7O2. The Hall–Kier alpha value is -2.85. The summed E-state index contributed by atoms with van der Waals surface area (Å²) < 4.78 is 19.5. The Labute approximate surface area is 223 Å². The molecule has 2 saturated heterocycles. The molecule has 1 aromatic heterocycles. The number of nitrogens with zero attached hydrogens (tertiary/aromatic N) is 5. The van der Waals surface area contributed by atoms with Crippen molar-refractivity contribution in [2.75, 3.05) is 55.9 Å². The van der Waals surface area contributed by atoms with Crippen LogP contribution in [0.1, 0.15) is 40.5 Å². The molecule has 9 nitrogen and oxygen atoms in total. The Bertz CT molecular complexity index is 1120. The second kappa shape index (κ2) is 10.5. The summed E-state index contributed by atoms with van der Waals surface area (Å²) >= 11 is 6.60. The number of halogens is 2. The van der Waals surface area contributed by atoms with Gasteiger partial charge in [0, 0.05) is 49.0 Å². The molecule has 202 valence electrons. The van der Waals surface area contributed by atoms with E-state index in [0.29, 0.717) is 36.9 Å². The third-order valence-electron chi connectivity index (χ3n) is 7.65. The Kier molecular flexibility index (Phi) is 7.71. The fraction of sp³-hybridized carbons (Fsp3) is 0.577. The molecule has 11 heteroatoms. The van der Waals surface area contributed by atoms with Crippen LogP contribution in [0.5, 0.6) is 0 Å². The maximum Gasteiger partial charge on any atom is 0.409 e. The highest BCUT2D eigenvalue weighted by molar-refractivity contribution is 6.33. The van der Waals surface area contributed by atoms with E-state index in [2.05, 4.69) is 65.1 Å². The monoisotopic (exact) mass is 533 g/mol. The molecule has 37 heavy (non-hydrogen) atoms. The van der Waals surface area contributed by atoms with Gasteiger partial charge in [-0.05, 0) is 65.8 Å². The molecule has 0 unspecified atom stereocenters. The van der Waals surface area contributed by atoms with Crippen molar-refractivity contribution in [1.29, 1.82) is 0 Å². The molecule has 4 rings (SSSR count). The lowest BCUT2D eigenvalue weighted by Gasteiger charge is -2.53. The van der Waals surface area contributed by atoms with Crippen LogP contribution in [-0.4, -0.2) is 83.3 Å². The lowest BCUT2D eigenvalue weighted by Crippen LogP contribution is -2.61. The number of aromatic nitrogens is 2. The van der Waals surface area contributed by atoms with Gasteiger partial charge in [-0.15, -0.1) is 0 Å². The van der Waals surface area contributed by atoms with Gasteiger partial charge in [-0.25, -0.2) is 14.2 Å². The average molecular weight is 534 g/mol.